The summed E-state index contributed by atoms with van der Waals surface area (Å²) >= 11 is 0. The van der Waals surface area contributed by atoms with E-state index in [0.717, 1.165) is 30.8 Å². The molecule has 0 bridgehead atoms. The molecule has 104 valence electrons. The Balaban J connectivity index is 1.96. The lowest BCUT2D eigenvalue weighted by Crippen LogP contribution is -2.40. The molecule has 0 fully saturated rings. The number of esters is 1. The average Bonchev–Trinajstić information content (AvgIpc) is 2.38. The van der Waals surface area contributed by atoms with Crippen LogP contribution in [-0.4, -0.2) is 25.2 Å². The van der Waals surface area contributed by atoms with Gasteiger partial charge in [-0.15, -0.1) is 0 Å². The lowest BCUT2D eigenvalue weighted by molar-refractivity contribution is -0.140. The fourth-order valence-electron chi connectivity index (χ4n) is 2.14. The van der Waals surface area contributed by atoms with Gasteiger partial charge in [0.2, 0.25) is 0 Å². The minimum atomic E-state index is -0.167. The molecular weight excluding hydrogens is 242 g/mol. The minimum absolute atomic E-state index is 0.152. The van der Waals surface area contributed by atoms with Crippen LogP contribution in [0.2, 0.25) is 0 Å². The summed E-state index contributed by atoms with van der Waals surface area (Å²) in [5.74, 6) is 0.745. The average molecular weight is 263 g/mol. The van der Waals surface area contributed by atoms with E-state index in [1.54, 1.807) is 0 Å². The number of ether oxygens (including phenoxy) is 2. The zero-order valence-corrected chi connectivity index (χ0v) is 11.8. The molecule has 0 amide bonds. The smallest absolute Gasteiger partial charge is 0.305 e. The normalized spacial score (nSPS) is 15.9. The van der Waals surface area contributed by atoms with Gasteiger partial charge in [0.25, 0.3) is 0 Å². The molecule has 1 aliphatic heterocycles. The van der Waals surface area contributed by atoms with Crippen LogP contribution in [0.4, 0.5) is 5.69 Å². The van der Waals surface area contributed by atoms with Gasteiger partial charge in [0.1, 0.15) is 11.4 Å². The van der Waals surface area contributed by atoms with E-state index in [1.165, 1.54) is 12.7 Å². The maximum absolute atomic E-state index is 11.1. The van der Waals surface area contributed by atoms with Crippen LogP contribution < -0.4 is 10.1 Å². The highest BCUT2D eigenvalue weighted by Gasteiger charge is 2.26. The summed E-state index contributed by atoms with van der Waals surface area (Å²) < 4.78 is 10.5. The van der Waals surface area contributed by atoms with Crippen LogP contribution in [-0.2, 0) is 16.0 Å². The van der Waals surface area contributed by atoms with E-state index in [1.807, 2.05) is 6.07 Å². The number of hydrogen-bond donors (Lipinski definition) is 1. The molecule has 0 saturated heterocycles. The number of nitrogens with one attached hydrogen (secondary N) is 1. The second kappa shape index (κ2) is 5.51. The van der Waals surface area contributed by atoms with Crippen molar-refractivity contribution >= 4 is 11.7 Å². The summed E-state index contributed by atoms with van der Waals surface area (Å²) in [4.78, 5) is 11.1. The van der Waals surface area contributed by atoms with Gasteiger partial charge in [-0.05, 0) is 44.4 Å². The molecule has 1 heterocycles. The SMILES string of the molecule is COC(=O)CCCc1ccc2c(c1)NCC(C)(C)O2. The fraction of sp³-hybridized carbons (Fsp3) is 0.533. The van der Waals surface area contributed by atoms with E-state index in [-0.39, 0.29) is 11.6 Å². The standard InChI is InChI=1S/C15H21NO3/c1-15(2)10-16-12-9-11(7-8-13(12)19-15)5-4-6-14(17)18-3/h7-9,16H,4-6,10H2,1-3H3. The third-order valence-electron chi connectivity index (χ3n) is 3.21. The highest BCUT2D eigenvalue weighted by atomic mass is 16.5. The van der Waals surface area contributed by atoms with Crippen molar-refractivity contribution in [1.82, 2.24) is 0 Å². The lowest BCUT2D eigenvalue weighted by Gasteiger charge is -2.33. The van der Waals surface area contributed by atoms with Crippen LogP contribution in [0.5, 0.6) is 5.75 Å². The lowest BCUT2D eigenvalue weighted by atomic mass is 10.0. The number of carbonyl (C=O) groups is 1. The molecule has 1 aromatic carbocycles. The maximum Gasteiger partial charge on any atom is 0.305 e. The fourth-order valence-corrected chi connectivity index (χ4v) is 2.14. The zero-order valence-electron chi connectivity index (χ0n) is 11.8. The minimum Gasteiger partial charge on any atom is -0.484 e. The molecule has 0 aromatic heterocycles. The van der Waals surface area contributed by atoms with E-state index in [9.17, 15) is 4.79 Å². The molecule has 0 unspecified atom stereocenters. The number of anilines is 1. The summed E-state index contributed by atoms with van der Waals surface area (Å²) in [6.07, 6.45) is 2.13. The summed E-state index contributed by atoms with van der Waals surface area (Å²) in [6.45, 7) is 4.92. The Morgan fingerprint density at radius 3 is 3.00 bits per heavy atom. The first-order chi connectivity index (χ1) is 9.00. The number of carbonyl (C=O) groups excluding carboxylic acids is 1. The Kier molecular flexibility index (Phi) is 3.98. The van der Waals surface area contributed by atoms with E-state index < -0.39 is 0 Å². The summed E-state index contributed by atoms with van der Waals surface area (Å²) in [6, 6.07) is 6.15. The number of aryl methyl sites for hydroxylation is 1. The largest absolute Gasteiger partial charge is 0.484 e. The number of fused-ring (bicyclic) bond motifs is 1. The number of benzene rings is 1. The molecule has 1 N–H and O–H groups in total. The summed E-state index contributed by atoms with van der Waals surface area (Å²) in [7, 11) is 1.42. The third-order valence-corrected chi connectivity index (χ3v) is 3.21. The van der Waals surface area contributed by atoms with Crippen molar-refractivity contribution < 1.29 is 14.3 Å². The van der Waals surface area contributed by atoms with Crippen LogP contribution in [0.15, 0.2) is 18.2 Å². The van der Waals surface area contributed by atoms with Crippen molar-refractivity contribution in [2.75, 3.05) is 19.0 Å². The molecule has 1 aliphatic rings. The first-order valence-electron chi connectivity index (χ1n) is 6.63. The molecule has 0 saturated carbocycles. The van der Waals surface area contributed by atoms with Gasteiger partial charge in [-0.3, -0.25) is 4.79 Å². The van der Waals surface area contributed by atoms with E-state index in [4.69, 9.17) is 4.74 Å². The monoisotopic (exact) mass is 263 g/mol. The molecule has 1 aromatic rings. The van der Waals surface area contributed by atoms with Gasteiger partial charge in [-0.1, -0.05) is 6.07 Å². The quantitative estimate of drug-likeness (QED) is 0.849. The van der Waals surface area contributed by atoms with Crippen molar-refractivity contribution in [3.8, 4) is 5.75 Å². The third kappa shape index (κ3) is 3.63. The summed E-state index contributed by atoms with van der Waals surface area (Å²) in [5, 5.41) is 3.39. The van der Waals surface area contributed by atoms with Gasteiger partial charge >= 0.3 is 5.97 Å². The predicted octanol–water partition coefficient (Wildman–Crippen LogP) is 2.77. The Bertz CT molecular complexity index is 468. The van der Waals surface area contributed by atoms with Crippen molar-refractivity contribution in [3.05, 3.63) is 23.8 Å². The van der Waals surface area contributed by atoms with E-state index >= 15 is 0 Å². The summed E-state index contributed by atoms with van der Waals surface area (Å²) in [5.41, 5.74) is 2.08. The number of rotatable bonds is 4. The Morgan fingerprint density at radius 2 is 2.26 bits per heavy atom. The van der Waals surface area contributed by atoms with Crippen molar-refractivity contribution in [2.45, 2.75) is 38.7 Å². The highest BCUT2D eigenvalue weighted by Crippen LogP contribution is 2.33. The van der Waals surface area contributed by atoms with Gasteiger partial charge < -0.3 is 14.8 Å². The second-order valence-corrected chi connectivity index (χ2v) is 5.48. The Labute approximate surface area is 114 Å². The Morgan fingerprint density at radius 1 is 1.47 bits per heavy atom. The number of hydrogen-bond acceptors (Lipinski definition) is 4. The van der Waals surface area contributed by atoms with Crippen LogP contribution in [0.3, 0.4) is 0 Å². The molecule has 4 heteroatoms. The molecule has 2 rings (SSSR count). The topological polar surface area (TPSA) is 47.6 Å². The van der Waals surface area contributed by atoms with Crippen molar-refractivity contribution in [2.24, 2.45) is 0 Å². The van der Waals surface area contributed by atoms with E-state index in [2.05, 4.69) is 36.0 Å². The predicted molar refractivity (Wildman–Crippen MR) is 74.6 cm³/mol. The van der Waals surface area contributed by atoms with Gasteiger partial charge in [0, 0.05) is 6.42 Å². The number of methoxy groups -OCH3 is 1. The Hall–Kier alpha value is -1.71. The molecule has 0 radical (unpaired) electrons. The second-order valence-electron chi connectivity index (χ2n) is 5.48. The maximum atomic E-state index is 11.1. The van der Waals surface area contributed by atoms with Gasteiger partial charge in [0.15, 0.2) is 0 Å². The van der Waals surface area contributed by atoms with Crippen LogP contribution >= 0.6 is 0 Å². The van der Waals surface area contributed by atoms with E-state index in [0.29, 0.717) is 6.42 Å². The first kappa shape index (κ1) is 13.7. The van der Waals surface area contributed by atoms with Gasteiger partial charge in [-0.2, -0.15) is 0 Å². The highest BCUT2D eigenvalue weighted by molar-refractivity contribution is 5.69. The van der Waals surface area contributed by atoms with Crippen LogP contribution in [0, 0.1) is 0 Å². The molecule has 19 heavy (non-hydrogen) atoms. The van der Waals surface area contributed by atoms with Crippen LogP contribution in [0.25, 0.3) is 0 Å². The zero-order chi connectivity index (χ0) is 13.9. The van der Waals surface area contributed by atoms with Crippen molar-refractivity contribution in [3.63, 3.8) is 0 Å². The van der Waals surface area contributed by atoms with Gasteiger partial charge in [0.05, 0.1) is 19.3 Å². The van der Waals surface area contributed by atoms with Crippen molar-refractivity contribution in [1.29, 1.82) is 0 Å². The molecule has 0 atom stereocenters. The molecule has 0 aliphatic carbocycles. The molecule has 0 spiro atoms. The van der Waals surface area contributed by atoms with Gasteiger partial charge in [-0.25, -0.2) is 0 Å². The first-order valence-corrected chi connectivity index (χ1v) is 6.63. The molecular formula is C15H21NO3. The van der Waals surface area contributed by atoms with Crippen LogP contribution in [0.1, 0.15) is 32.3 Å². The molecule has 4 nitrogen and oxygen atoms in total.